The van der Waals surface area contributed by atoms with Crippen LogP contribution in [0.5, 0.6) is 5.75 Å². The average Bonchev–Trinajstić information content (AvgIpc) is 3.24. The number of Topliss-reactive ketones (excluding diaryl/α,β-unsaturated/α-hetero) is 1. The number of halogens is 1. The Labute approximate surface area is 179 Å². The molecule has 1 saturated heterocycles. The Morgan fingerprint density at radius 3 is 2.77 bits per heavy atom. The summed E-state index contributed by atoms with van der Waals surface area (Å²) in [5.74, 6) is -1.72. The van der Waals surface area contributed by atoms with E-state index in [2.05, 4.69) is 0 Å². The summed E-state index contributed by atoms with van der Waals surface area (Å²) in [5.41, 5.74) is 1.36. The number of benzene rings is 2. The summed E-state index contributed by atoms with van der Waals surface area (Å²) in [6.45, 7) is 2.53. The third kappa shape index (κ3) is 3.81. The van der Waals surface area contributed by atoms with Crippen LogP contribution in [0.25, 0.3) is 5.76 Å². The maximum Gasteiger partial charge on any atom is 0.295 e. The quantitative estimate of drug-likeness (QED) is 0.331. The van der Waals surface area contributed by atoms with Crippen molar-refractivity contribution in [2.45, 2.75) is 31.9 Å². The molecule has 6 nitrogen and oxygen atoms in total. The Morgan fingerprint density at radius 1 is 1.26 bits per heavy atom. The fourth-order valence-corrected chi connectivity index (χ4v) is 4.23. The minimum Gasteiger partial charge on any atom is -0.507 e. The molecule has 2 heterocycles. The molecule has 0 radical (unpaired) electrons. The Bertz CT molecular complexity index is 1060. The number of hydrogen-bond acceptors (Lipinski definition) is 5. The normalized spacial score (nSPS) is 22.0. The van der Waals surface area contributed by atoms with Crippen LogP contribution in [0.2, 0.25) is 0 Å². The number of fused-ring (bicyclic) bond motifs is 1. The van der Waals surface area contributed by atoms with Crippen molar-refractivity contribution in [2.75, 3.05) is 20.3 Å². The van der Waals surface area contributed by atoms with E-state index < -0.39 is 23.5 Å². The molecule has 0 unspecified atom stereocenters. The molecule has 0 bridgehead atoms. The van der Waals surface area contributed by atoms with Gasteiger partial charge in [0, 0.05) is 37.8 Å². The summed E-state index contributed by atoms with van der Waals surface area (Å²) in [4.78, 5) is 27.1. The molecular weight excluding hydrogens is 401 g/mol. The highest BCUT2D eigenvalue weighted by molar-refractivity contribution is 6.46. The lowest BCUT2D eigenvalue weighted by Crippen LogP contribution is -2.31. The molecule has 2 aromatic rings. The second-order valence-electron chi connectivity index (χ2n) is 7.82. The Kier molecular flexibility index (Phi) is 5.78. The molecule has 0 spiro atoms. The number of hydrogen-bond donors (Lipinski definition) is 1. The monoisotopic (exact) mass is 425 g/mol. The van der Waals surface area contributed by atoms with Crippen molar-refractivity contribution in [2.24, 2.45) is 0 Å². The predicted octanol–water partition coefficient (Wildman–Crippen LogP) is 3.61. The lowest BCUT2D eigenvalue weighted by atomic mass is 9.94. The molecular formula is C24H24FNO5. The number of aliphatic hydroxyl groups is 1. The Morgan fingerprint density at radius 2 is 2.03 bits per heavy atom. The van der Waals surface area contributed by atoms with E-state index in [0.29, 0.717) is 25.0 Å². The van der Waals surface area contributed by atoms with Gasteiger partial charge < -0.3 is 19.5 Å². The van der Waals surface area contributed by atoms with Gasteiger partial charge in [0.05, 0.1) is 11.6 Å². The standard InChI is InChI=1S/C24H24FNO5/c1-14-12-16-13-15(8-9-19(16)31-14)22(27)20-21(17-6-3-4-7-18(17)25)26(10-5-11-30-2)24(29)23(20)28/h3-4,6-9,13-14,21,27H,5,10-12H2,1-2H3/t14-,21-/m0/s1. The van der Waals surface area contributed by atoms with Gasteiger partial charge in [-0.15, -0.1) is 0 Å². The highest BCUT2D eigenvalue weighted by Crippen LogP contribution is 2.41. The minimum absolute atomic E-state index is 0.0252. The number of methoxy groups -OCH3 is 1. The van der Waals surface area contributed by atoms with Gasteiger partial charge >= 0.3 is 0 Å². The molecule has 7 heteroatoms. The van der Waals surface area contributed by atoms with Crippen molar-refractivity contribution in [1.29, 1.82) is 0 Å². The van der Waals surface area contributed by atoms with Gasteiger partial charge in [0.25, 0.3) is 11.7 Å². The van der Waals surface area contributed by atoms with Gasteiger partial charge in [-0.2, -0.15) is 0 Å². The van der Waals surface area contributed by atoms with Gasteiger partial charge in [-0.05, 0) is 43.2 Å². The van der Waals surface area contributed by atoms with E-state index in [4.69, 9.17) is 9.47 Å². The molecule has 2 aliphatic rings. The molecule has 2 atom stereocenters. The van der Waals surface area contributed by atoms with Crippen LogP contribution in [0.4, 0.5) is 4.39 Å². The molecule has 2 aliphatic heterocycles. The van der Waals surface area contributed by atoms with Gasteiger partial charge in [0.15, 0.2) is 0 Å². The highest BCUT2D eigenvalue weighted by Gasteiger charge is 2.46. The van der Waals surface area contributed by atoms with Gasteiger partial charge in [-0.1, -0.05) is 18.2 Å². The summed E-state index contributed by atoms with van der Waals surface area (Å²) in [5, 5.41) is 11.1. The van der Waals surface area contributed by atoms with Gasteiger partial charge in [0.1, 0.15) is 23.4 Å². The molecule has 0 aromatic heterocycles. The first-order valence-corrected chi connectivity index (χ1v) is 10.2. The zero-order valence-electron chi connectivity index (χ0n) is 17.4. The zero-order valence-corrected chi connectivity index (χ0v) is 17.4. The van der Waals surface area contributed by atoms with Crippen molar-refractivity contribution < 1.29 is 28.6 Å². The van der Waals surface area contributed by atoms with Gasteiger partial charge in [-0.25, -0.2) is 4.39 Å². The maximum atomic E-state index is 14.7. The fraction of sp³-hybridized carbons (Fsp3) is 0.333. The first-order valence-electron chi connectivity index (χ1n) is 10.2. The topological polar surface area (TPSA) is 76.1 Å². The molecule has 2 aromatic carbocycles. The smallest absolute Gasteiger partial charge is 0.295 e. The second kappa shape index (κ2) is 8.51. The van der Waals surface area contributed by atoms with Crippen LogP contribution in [0.1, 0.15) is 36.1 Å². The van der Waals surface area contributed by atoms with E-state index in [0.717, 1.165) is 11.3 Å². The molecule has 31 heavy (non-hydrogen) atoms. The number of amides is 1. The van der Waals surface area contributed by atoms with E-state index >= 15 is 0 Å². The fourth-order valence-electron chi connectivity index (χ4n) is 4.23. The van der Waals surface area contributed by atoms with Gasteiger partial charge in [-0.3, -0.25) is 9.59 Å². The number of nitrogens with zero attached hydrogens (tertiary/aromatic N) is 1. The van der Waals surface area contributed by atoms with Crippen LogP contribution in [0.15, 0.2) is 48.0 Å². The number of carbonyl (C=O) groups is 2. The van der Waals surface area contributed by atoms with Crippen molar-refractivity contribution in [3.63, 3.8) is 0 Å². The van der Waals surface area contributed by atoms with Crippen LogP contribution in [0.3, 0.4) is 0 Å². The van der Waals surface area contributed by atoms with E-state index in [-0.39, 0.29) is 29.5 Å². The molecule has 4 rings (SSSR count). The van der Waals surface area contributed by atoms with E-state index in [1.54, 1.807) is 31.4 Å². The minimum atomic E-state index is -1.01. The largest absolute Gasteiger partial charge is 0.507 e. The molecule has 1 fully saturated rings. The molecule has 0 saturated carbocycles. The number of likely N-dealkylation sites (tertiary alicyclic amines) is 1. The predicted molar refractivity (Wildman–Crippen MR) is 112 cm³/mol. The summed E-state index contributed by atoms with van der Waals surface area (Å²) < 4.78 is 25.5. The number of rotatable bonds is 6. The highest BCUT2D eigenvalue weighted by atomic mass is 19.1. The van der Waals surface area contributed by atoms with Crippen LogP contribution in [-0.2, 0) is 20.7 Å². The first-order chi connectivity index (χ1) is 14.9. The Balaban J connectivity index is 1.82. The van der Waals surface area contributed by atoms with E-state index in [9.17, 15) is 19.1 Å². The second-order valence-corrected chi connectivity index (χ2v) is 7.82. The number of ketones is 1. The molecule has 1 N–H and O–H groups in total. The average molecular weight is 425 g/mol. The third-order valence-corrected chi connectivity index (χ3v) is 5.66. The lowest BCUT2D eigenvalue weighted by molar-refractivity contribution is -0.140. The molecule has 162 valence electrons. The summed E-state index contributed by atoms with van der Waals surface area (Å²) in [6, 6.07) is 10.1. The summed E-state index contributed by atoms with van der Waals surface area (Å²) in [7, 11) is 1.54. The lowest BCUT2D eigenvalue weighted by Gasteiger charge is -2.25. The number of ether oxygens (including phenoxy) is 2. The summed E-state index contributed by atoms with van der Waals surface area (Å²) >= 11 is 0. The van der Waals surface area contributed by atoms with Crippen molar-refractivity contribution >= 4 is 17.4 Å². The first kappa shape index (κ1) is 21.1. The van der Waals surface area contributed by atoms with E-state index in [1.807, 2.05) is 6.92 Å². The van der Waals surface area contributed by atoms with Gasteiger partial charge in [0.2, 0.25) is 0 Å². The van der Waals surface area contributed by atoms with Crippen molar-refractivity contribution in [1.82, 2.24) is 4.90 Å². The summed E-state index contributed by atoms with van der Waals surface area (Å²) in [6.07, 6.45) is 1.18. The van der Waals surface area contributed by atoms with E-state index in [1.165, 1.54) is 23.1 Å². The SMILES string of the molecule is COCCCN1C(=O)C(=O)C(=C(O)c2ccc3c(c2)C[C@H](C)O3)[C@@H]1c1ccccc1F. The van der Waals surface area contributed by atoms with Crippen LogP contribution >= 0.6 is 0 Å². The van der Waals surface area contributed by atoms with Crippen LogP contribution in [0, 0.1) is 5.82 Å². The van der Waals surface area contributed by atoms with Crippen LogP contribution in [-0.4, -0.2) is 48.1 Å². The molecule has 1 amide bonds. The third-order valence-electron chi connectivity index (χ3n) is 5.66. The zero-order chi connectivity index (χ0) is 22.1. The number of aliphatic hydroxyl groups excluding tert-OH is 1. The van der Waals surface area contributed by atoms with Crippen molar-refractivity contribution in [3.8, 4) is 5.75 Å². The maximum absolute atomic E-state index is 14.7. The molecule has 0 aliphatic carbocycles. The number of carbonyl (C=O) groups excluding carboxylic acids is 2. The van der Waals surface area contributed by atoms with Crippen molar-refractivity contribution in [3.05, 3.63) is 70.5 Å². The Hall–Kier alpha value is -3.19. The van der Waals surface area contributed by atoms with Crippen LogP contribution < -0.4 is 4.74 Å².